The number of hydrogen-bond donors (Lipinski definition) is 1. The van der Waals surface area contributed by atoms with E-state index in [-0.39, 0.29) is 11.7 Å². The first-order chi connectivity index (χ1) is 15.1. The van der Waals surface area contributed by atoms with Gasteiger partial charge in [-0.05, 0) is 35.9 Å². The number of piperazine rings is 1. The van der Waals surface area contributed by atoms with E-state index in [4.69, 9.17) is 4.74 Å². The standard InChI is InChI=1S/C23H21N5O3/c24-9-17-2-1-16-7-22(17)31-20-3-4-21(29)18(8-20)12-27-6-5-26(14-23(27)30)13-19-10-25-15-28(19)11-16/h1-4,7-8,10,15,29H,5-6,11-14H2. The molecule has 156 valence electrons. The van der Waals surface area contributed by atoms with Crippen LogP contribution < -0.4 is 4.74 Å². The maximum atomic E-state index is 12.8. The fraction of sp³-hybridized carbons (Fsp3) is 0.261. The summed E-state index contributed by atoms with van der Waals surface area (Å²) in [6, 6.07) is 12.6. The van der Waals surface area contributed by atoms with Gasteiger partial charge in [0.25, 0.3) is 0 Å². The number of nitrogens with zero attached hydrogens (tertiary/aromatic N) is 5. The highest BCUT2D eigenvalue weighted by atomic mass is 16.5. The van der Waals surface area contributed by atoms with Gasteiger partial charge in [0, 0.05) is 44.5 Å². The predicted octanol–water partition coefficient (Wildman–Crippen LogP) is 2.46. The van der Waals surface area contributed by atoms with Crippen LogP contribution in [0.25, 0.3) is 0 Å². The first kappa shape index (κ1) is 19.2. The van der Waals surface area contributed by atoms with E-state index in [0.717, 1.165) is 17.8 Å². The molecule has 2 aromatic carbocycles. The van der Waals surface area contributed by atoms with Gasteiger partial charge in [0.1, 0.15) is 23.3 Å². The zero-order valence-corrected chi connectivity index (χ0v) is 16.9. The lowest BCUT2D eigenvalue weighted by atomic mass is 10.1. The minimum atomic E-state index is 0.0205. The summed E-state index contributed by atoms with van der Waals surface area (Å²) in [5, 5.41) is 19.8. The third-order valence-electron chi connectivity index (χ3n) is 5.74. The third kappa shape index (κ3) is 3.83. The highest BCUT2D eigenvalue weighted by Gasteiger charge is 2.26. The molecule has 3 aliphatic rings. The van der Waals surface area contributed by atoms with Crippen molar-refractivity contribution in [1.29, 1.82) is 5.26 Å². The van der Waals surface area contributed by atoms with Crippen molar-refractivity contribution >= 4 is 5.91 Å². The molecule has 6 rings (SSSR count). The summed E-state index contributed by atoms with van der Waals surface area (Å²) in [7, 11) is 0. The van der Waals surface area contributed by atoms with Crippen LogP contribution in [-0.2, 0) is 24.4 Å². The second kappa shape index (κ2) is 7.78. The molecule has 1 fully saturated rings. The van der Waals surface area contributed by atoms with Gasteiger partial charge in [-0.1, -0.05) is 6.07 Å². The van der Waals surface area contributed by atoms with Crippen LogP contribution >= 0.6 is 0 Å². The quantitative estimate of drug-likeness (QED) is 0.606. The van der Waals surface area contributed by atoms with Gasteiger partial charge >= 0.3 is 0 Å². The van der Waals surface area contributed by atoms with Gasteiger partial charge in [-0.2, -0.15) is 5.26 Å². The Labute approximate surface area is 179 Å². The van der Waals surface area contributed by atoms with Crippen molar-refractivity contribution in [2.75, 3.05) is 19.6 Å². The minimum Gasteiger partial charge on any atom is -0.508 e. The lowest BCUT2D eigenvalue weighted by Gasteiger charge is -2.34. The number of ether oxygens (including phenoxy) is 1. The van der Waals surface area contributed by atoms with Gasteiger partial charge in [0.05, 0.1) is 24.1 Å². The Hall–Kier alpha value is -3.83. The number of imidazole rings is 1. The molecular formula is C23H21N5O3. The molecule has 1 amide bonds. The Balaban J connectivity index is 1.59. The van der Waals surface area contributed by atoms with E-state index < -0.39 is 0 Å². The first-order valence-corrected chi connectivity index (χ1v) is 10.1. The maximum Gasteiger partial charge on any atom is 0.237 e. The molecule has 8 heteroatoms. The second-order valence-corrected chi connectivity index (χ2v) is 7.87. The highest BCUT2D eigenvalue weighted by Crippen LogP contribution is 2.31. The van der Waals surface area contributed by atoms with Crippen molar-refractivity contribution in [2.24, 2.45) is 0 Å². The largest absolute Gasteiger partial charge is 0.508 e. The van der Waals surface area contributed by atoms with E-state index in [1.807, 2.05) is 22.9 Å². The van der Waals surface area contributed by atoms with Gasteiger partial charge < -0.3 is 19.3 Å². The molecule has 31 heavy (non-hydrogen) atoms. The number of phenols is 1. The molecule has 3 aliphatic heterocycles. The van der Waals surface area contributed by atoms with Crippen molar-refractivity contribution in [1.82, 2.24) is 19.4 Å². The molecule has 1 unspecified atom stereocenters. The van der Waals surface area contributed by atoms with E-state index in [2.05, 4.69) is 16.0 Å². The number of nitriles is 1. The number of rotatable bonds is 0. The Morgan fingerprint density at radius 2 is 1.97 bits per heavy atom. The van der Waals surface area contributed by atoms with Crippen molar-refractivity contribution < 1.29 is 14.6 Å². The zero-order valence-electron chi connectivity index (χ0n) is 16.9. The topological polar surface area (TPSA) is 94.6 Å². The molecule has 0 aliphatic carbocycles. The lowest BCUT2D eigenvalue weighted by Crippen LogP contribution is -2.49. The van der Waals surface area contributed by atoms with Crippen LogP contribution in [0.1, 0.15) is 22.4 Å². The number of hydrogen-bond acceptors (Lipinski definition) is 6. The molecule has 1 N–H and O–H groups in total. The van der Waals surface area contributed by atoms with Gasteiger partial charge in [-0.3, -0.25) is 9.69 Å². The van der Waals surface area contributed by atoms with Crippen LogP contribution in [0, 0.1) is 11.3 Å². The number of carbonyl (C=O) groups is 1. The average molecular weight is 415 g/mol. The van der Waals surface area contributed by atoms with Gasteiger partial charge in [-0.25, -0.2) is 4.98 Å². The van der Waals surface area contributed by atoms with E-state index >= 15 is 0 Å². The number of aromatic hydroxyl groups is 1. The number of carbonyl (C=O) groups excluding carboxylic acids is 1. The molecule has 1 atom stereocenters. The third-order valence-corrected chi connectivity index (χ3v) is 5.74. The van der Waals surface area contributed by atoms with Crippen LogP contribution in [0.5, 0.6) is 17.2 Å². The fourth-order valence-electron chi connectivity index (χ4n) is 4.03. The summed E-state index contributed by atoms with van der Waals surface area (Å²) in [5.74, 6) is 1.09. The molecule has 1 saturated heterocycles. The molecular weight excluding hydrogens is 394 g/mol. The number of benzene rings is 2. The molecule has 6 bridgehead atoms. The average Bonchev–Trinajstić information content (AvgIpc) is 3.18. The Bertz CT molecular complexity index is 1200. The number of phenolic OH excluding ortho intramolecular Hbond substituents is 1. The van der Waals surface area contributed by atoms with Crippen molar-refractivity contribution in [2.45, 2.75) is 19.6 Å². The van der Waals surface area contributed by atoms with Gasteiger partial charge in [0.15, 0.2) is 0 Å². The SMILES string of the molecule is N#Cc1ccc2cc1Oc1ccc(O)c(c1)CN1CCN(CC1=O)Cc1cncn1C2. The molecule has 3 aromatic rings. The first-order valence-electron chi connectivity index (χ1n) is 10.1. The fourth-order valence-corrected chi connectivity index (χ4v) is 4.03. The van der Waals surface area contributed by atoms with E-state index in [1.54, 1.807) is 35.5 Å². The Morgan fingerprint density at radius 3 is 2.81 bits per heavy atom. The van der Waals surface area contributed by atoms with Gasteiger partial charge in [-0.15, -0.1) is 0 Å². The Kier molecular flexibility index (Phi) is 4.81. The molecule has 1 aromatic heterocycles. The summed E-state index contributed by atoms with van der Waals surface area (Å²) < 4.78 is 8.09. The summed E-state index contributed by atoms with van der Waals surface area (Å²) in [4.78, 5) is 20.9. The number of amides is 1. The molecule has 0 radical (unpaired) electrons. The number of aromatic nitrogens is 2. The predicted molar refractivity (Wildman–Crippen MR) is 111 cm³/mol. The lowest BCUT2D eigenvalue weighted by molar-refractivity contribution is -0.136. The molecule has 8 nitrogen and oxygen atoms in total. The van der Waals surface area contributed by atoms with Crippen molar-refractivity contribution in [3.63, 3.8) is 0 Å². The smallest absolute Gasteiger partial charge is 0.237 e. The maximum absolute atomic E-state index is 12.8. The van der Waals surface area contributed by atoms with Crippen LogP contribution in [0.2, 0.25) is 0 Å². The van der Waals surface area contributed by atoms with Gasteiger partial charge in [0.2, 0.25) is 5.91 Å². The van der Waals surface area contributed by atoms with E-state index in [0.29, 0.717) is 55.3 Å². The molecule has 0 saturated carbocycles. The van der Waals surface area contributed by atoms with Crippen LogP contribution in [0.3, 0.4) is 0 Å². The summed E-state index contributed by atoms with van der Waals surface area (Å²) in [6.07, 6.45) is 3.60. The summed E-state index contributed by atoms with van der Waals surface area (Å²) in [5.41, 5.74) is 3.02. The van der Waals surface area contributed by atoms with E-state index in [9.17, 15) is 15.2 Å². The summed E-state index contributed by atoms with van der Waals surface area (Å²) >= 11 is 0. The minimum absolute atomic E-state index is 0.0205. The summed E-state index contributed by atoms with van der Waals surface area (Å²) in [6.45, 7) is 3.15. The van der Waals surface area contributed by atoms with Crippen molar-refractivity contribution in [3.05, 3.63) is 71.3 Å². The monoisotopic (exact) mass is 415 g/mol. The Morgan fingerprint density at radius 1 is 1.06 bits per heavy atom. The highest BCUT2D eigenvalue weighted by molar-refractivity contribution is 5.79. The second-order valence-electron chi connectivity index (χ2n) is 7.87. The number of fused-ring (bicyclic) bond motifs is 2. The van der Waals surface area contributed by atoms with Crippen LogP contribution in [0.4, 0.5) is 0 Å². The molecule has 4 heterocycles. The normalized spacial score (nSPS) is 18.2. The van der Waals surface area contributed by atoms with Crippen LogP contribution in [0.15, 0.2) is 48.9 Å². The van der Waals surface area contributed by atoms with E-state index in [1.165, 1.54) is 0 Å². The molecule has 0 spiro atoms. The van der Waals surface area contributed by atoms with Crippen molar-refractivity contribution in [3.8, 4) is 23.3 Å². The van der Waals surface area contributed by atoms with Crippen LogP contribution in [-0.4, -0.2) is 50.0 Å². The zero-order chi connectivity index (χ0) is 21.4.